The van der Waals surface area contributed by atoms with Gasteiger partial charge in [0.05, 0.1) is 17.1 Å². The van der Waals surface area contributed by atoms with Crippen LogP contribution in [0.15, 0.2) is 36.0 Å². The summed E-state index contributed by atoms with van der Waals surface area (Å²) in [6.07, 6.45) is 6.70. The van der Waals surface area contributed by atoms with E-state index in [0.717, 1.165) is 18.4 Å². The number of carbonyl (C=O) groups is 2. The molecule has 0 unspecified atom stereocenters. The zero-order valence-corrected chi connectivity index (χ0v) is 17.1. The lowest BCUT2D eigenvalue weighted by Gasteiger charge is -2.34. The molecule has 1 aliphatic carbocycles. The molecule has 5 atom stereocenters. The molecule has 6 heteroatoms. The molecule has 0 amide bonds. The summed E-state index contributed by atoms with van der Waals surface area (Å²) >= 11 is 0. The van der Waals surface area contributed by atoms with Gasteiger partial charge in [-0.15, -0.1) is 0 Å². The first-order chi connectivity index (χ1) is 13.0. The highest BCUT2D eigenvalue weighted by Gasteiger charge is 2.59. The van der Waals surface area contributed by atoms with E-state index < -0.39 is 17.6 Å². The van der Waals surface area contributed by atoms with Crippen LogP contribution in [-0.4, -0.2) is 47.1 Å². The molecule has 3 fully saturated rings. The van der Waals surface area contributed by atoms with Gasteiger partial charge in [0.1, 0.15) is 18.8 Å². The van der Waals surface area contributed by atoms with E-state index in [9.17, 15) is 14.7 Å². The second kappa shape index (κ2) is 7.48. The van der Waals surface area contributed by atoms with E-state index in [-0.39, 0.29) is 36.2 Å². The predicted octanol–water partition coefficient (Wildman–Crippen LogP) is 2.86. The average molecular weight is 390 g/mol. The molecule has 28 heavy (non-hydrogen) atoms. The summed E-state index contributed by atoms with van der Waals surface area (Å²) in [6.45, 7) is 11.2. The summed E-state index contributed by atoms with van der Waals surface area (Å²) in [5.41, 5.74) is 0.435. The summed E-state index contributed by atoms with van der Waals surface area (Å²) in [4.78, 5) is 24.1. The van der Waals surface area contributed by atoms with Crippen LogP contribution in [0.25, 0.3) is 0 Å². The van der Waals surface area contributed by atoms with Crippen molar-refractivity contribution in [3.8, 4) is 0 Å². The minimum atomic E-state index is -0.913. The van der Waals surface area contributed by atoms with Crippen LogP contribution in [0, 0.1) is 11.8 Å². The molecule has 1 saturated carbocycles. The van der Waals surface area contributed by atoms with Crippen LogP contribution >= 0.6 is 0 Å². The fraction of sp³-hybridized carbons (Fsp3) is 0.636. The topological polar surface area (TPSA) is 85.4 Å². The Hall–Kier alpha value is -1.92. The molecule has 0 aromatic heterocycles. The molecule has 2 saturated heterocycles. The van der Waals surface area contributed by atoms with E-state index >= 15 is 0 Å². The van der Waals surface area contributed by atoms with Crippen molar-refractivity contribution in [1.29, 1.82) is 0 Å². The predicted molar refractivity (Wildman–Crippen MR) is 103 cm³/mol. The number of hydrogen-bond acceptors (Lipinski definition) is 6. The van der Waals surface area contributed by atoms with Crippen molar-refractivity contribution in [3.63, 3.8) is 0 Å². The van der Waals surface area contributed by atoms with Crippen LogP contribution in [0.2, 0.25) is 0 Å². The van der Waals surface area contributed by atoms with Gasteiger partial charge in [-0.2, -0.15) is 0 Å². The van der Waals surface area contributed by atoms with Crippen LogP contribution in [0.1, 0.15) is 47.0 Å². The second-order valence-electron chi connectivity index (χ2n) is 8.85. The Kier molecular flexibility index (Phi) is 5.56. The smallest absolute Gasteiger partial charge is 0.314 e. The number of carbonyl (C=O) groups excluding carboxylic acids is 2. The van der Waals surface area contributed by atoms with Gasteiger partial charge in [-0.3, -0.25) is 9.59 Å². The number of cyclic esters (lactones) is 1. The van der Waals surface area contributed by atoms with Gasteiger partial charge in [0.2, 0.25) is 0 Å². The second-order valence-corrected chi connectivity index (χ2v) is 8.85. The van der Waals surface area contributed by atoms with E-state index in [2.05, 4.69) is 6.58 Å². The zero-order chi connectivity index (χ0) is 20.7. The summed E-state index contributed by atoms with van der Waals surface area (Å²) in [6, 6.07) is 0. The first-order valence-electron chi connectivity index (χ1n) is 9.80. The van der Waals surface area contributed by atoms with Crippen molar-refractivity contribution in [2.75, 3.05) is 6.61 Å². The third-order valence-electron chi connectivity index (χ3n) is 5.78. The number of ether oxygens (including phenoxy) is 3. The first kappa shape index (κ1) is 20.8. The van der Waals surface area contributed by atoms with E-state index in [1.807, 2.05) is 13.0 Å². The molecule has 0 aromatic rings. The highest BCUT2D eigenvalue weighted by molar-refractivity contribution is 5.78. The van der Waals surface area contributed by atoms with Gasteiger partial charge in [0.25, 0.3) is 0 Å². The van der Waals surface area contributed by atoms with E-state index in [1.165, 1.54) is 6.92 Å². The summed E-state index contributed by atoms with van der Waals surface area (Å²) < 4.78 is 16.8. The monoisotopic (exact) mass is 390 g/mol. The Balaban J connectivity index is 1.89. The van der Waals surface area contributed by atoms with Crippen molar-refractivity contribution in [2.24, 2.45) is 11.8 Å². The number of esters is 2. The zero-order valence-electron chi connectivity index (χ0n) is 17.1. The Morgan fingerprint density at radius 2 is 2.14 bits per heavy atom. The normalized spacial score (nSPS) is 37.4. The van der Waals surface area contributed by atoms with Crippen molar-refractivity contribution >= 4 is 11.9 Å². The molecule has 0 spiro atoms. The Morgan fingerprint density at radius 1 is 1.43 bits per heavy atom. The van der Waals surface area contributed by atoms with Crippen LogP contribution < -0.4 is 0 Å². The van der Waals surface area contributed by atoms with Gasteiger partial charge in [0.15, 0.2) is 0 Å². The summed E-state index contributed by atoms with van der Waals surface area (Å²) in [7, 11) is 0. The Morgan fingerprint density at radius 3 is 2.79 bits per heavy atom. The van der Waals surface area contributed by atoms with E-state index in [4.69, 9.17) is 14.2 Å². The highest BCUT2D eigenvalue weighted by Crippen LogP contribution is 2.50. The van der Waals surface area contributed by atoms with E-state index in [0.29, 0.717) is 12.0 Å². The molecule has 3 aliphatic rings. The number of hydrogen-bond donors (Lipinski definition) is 1. The van der Waals surface area contributed by atoms with Crippen LogP contribution in [0.4, 0.5) is 0 Å². The quantitative estimate of drug-likeness (QED) is 0.453. The SMILES string of the molecule is C=C1C[C@@H](OC(C)=O)[C@@H]2O[C@@]2(C)CC[C@@H]2/C(=C\C=C\C(C)(C)O)COC(=O)[C@@H]12. The molecule has 6 nitrogen and oxygen atoms in total. The molecule has 1 N–H and O–H groups in total. The lowest BCUT2D eigenvalue weighted by molar-refractivity contribution is -0.151. The number of rotatable bonds is 3. The fourth-order valence-corrected chi connectivity index (χ4v) is 4.29. The molecule has 2 heterocycles. The van der Waals surface area contributed by atoms with Gasteiger partial charge in [-0.25, -0.2) is 0 Å². The van der Waals surface area contributed by atoms with Crippen molar-refractivity contribution in [3.05, 3.63) is 36.0 Å². The molecule has 0 radical (unpaired) electrons. The average Bonchev–Trinajstić information content (AvgIpc) is 3.23. The van der Waals surface area contributed by atoms with Crippen molar-refractivity contribution in [2.45, 2.75) is 70.4 Å². The minimum Gasteiger partial charge on any atom is -0.461 e. The third kappa shape index (κ3) is 4.55. The molecule has 3 rings (SSSR count). The van der Waals surface area contributed by atoms with Gasteiger partial charge in [0, 0.05) is 19.3 Å². The highest BCUT2D eigenvalue weighted by atomic mass is 16.6. The van der Waals surface area contributed by atoms with Gasteiger partial charge < -0.3 is 19.3 Å². The third-order valence-corrected chi connectivity index (χ3v) is 5.78. The summed E-state index contributed by atoms with van der Waals surface area (Å²) in [5.74, 6) is -1.15. The number of aliphatic hydroxyl groups is 1. The van der Waals surface area contributed by atoms with Crippen molar-refractivity contribution < 1.29 is 28.9 Å². The van der Waals surface area contributed by atoms with Crippen LogP contribution in [0.3, 0.4) is 0 Å². The maximum absolute atomic E-state index is 12.6. The molecule has 0 bridgehead atoms. The molecule has 2 aliphatic heterocycles. The van der Waals surface area contributed by atoms with Gasteiger partial charge in [-0.05, 0) is 39.2 Å². The van der Waals surface area contributed by atoms with Crippen LogP contribution in [0.5, 0.6) is 0 Å². The fourth-order valence-electron chi connectivity index (χ4n) is 4.29. The summed E-state index contributed by atoms with van der Waals surface area (Å²) in [5, 5.41) is 9.88. The first-order valence-corrected chi connectivity index (χ1v) is 9.80. The maximum atomic E-state index is 12.6. The van der Waals surface area contributed by atoms with Crippen molar-refractivity contribution in [1.82, 2.24) is 0 Å². The number of fused-ring (bicyclic) bond motifs is 2. The van der Waals surface area contributed by atoms with Gasteiger partial charge >= 0.3 is 11.9 Å². The minimum absolute atomic E-state index is 0.0436. The maximum Gasteiger partial charge on any atom is 0.314 e. The molecule has 154 valence electrons. The number of epoxide rings is 1. The van der Waals surface area contributed by atoms with Crippen LogP contribution in [-0.2, 0) is 23.8 Å². The van der Waals surface area contributed by atoms with Gasteiger partial charge in [-0.1, -0.05) is 30.4 Å². The lowest BCUT2D eigenvalue weighted by atomic mass is 9.76. The largest absolute Gasteiger partial charge is 0.461 e. The Labute approximate surface area is 166 Å². The molecular formula is C22H30O6. The Bertz CT molecular complexity index is 728. The number of allylic oxidation sites excluding steroid dienone is 2. The van der Waals surface area contributed by atoms with E-state index in [1.54, 1.807) is 26.0 Å². The lowest BCUT2D eigenvalue weighted by Crippen LogP contribution is -2.36. The molecular weight excluding hydrogens is 360 g/mol. The standard InChI is InChI=1S/C22H30O6/c1-13-11-17(27-14(2)23)19-22(5,28-19)10-8-16-15(7-6-9-21(3,4)25)12-26-20(24)18(13)16/h6-7,9,16-19,25H,1,8,10-12H2,2-5H3/b9-6+,15-7-/t16-,17-,18+,19+,22+/m1/s1. The molecule has 0 aromatic carbocycles.